The Hall–Kier alpha value is -1.82. The zero-order valence-corrected chi connectivity index (χ0v) is 8.00. The third kappa shape index (κ3) is 1.91. The van der Waals surface area contributed by atoms with E-state index in [0.717, 1.165) is 0 Å². The predicted octanol–water partition coefficient (Wildman–Crippen LogP) is 2.19. The average Bonchev–Trinajstić information content (AvgIpc) is 2.20. The number of hydrogen-bond acceptors (Lipinski definition) is 4. The molecule has 0 atom stereocenters. The van der Waals surface area contributed by atoms with Crippen molar-refractivity contribution < 1.29 is 9.53 Å². The number of aliphatic imine (C=N–C) groups is 1. The second-order valence-corrected chi connectivity index (χ2v) is 2.73. The van der Waals surface area contributed by atoms with E-state index in [2.05, 4.69) is 4.99 Å². The number of hydrogen-bond donors (Lipinski definition) is 0. The van der Waals surface area contributed by atoms with Gasteiger partial charge in [-0.1, -0.05) is 11.6 Å². The summed E-state index contributed by atoms with van der Waals surface area (Å²) in [5.74, 6) is 0.361. The van der Waals surface area contributed by atoms with Gasteiger partial charge in [0, 0.05) is 6.07 Å². The third-order valence-electron chi connectivity index (χ3n) is 1.56. The van der Waals surface area contributed by atoms with Gasteiger partial charge in [-0.3, -0.25) is 0 Å². The van der Waals surface area contributed by atoms with E-state index in [1.807, 2.05) is 6.07 Å². The van der Waals surface area contributed by atoms with Crippen molar-refractivity contribution in [3.8, 4) is 11.8 Å². The predicted molar refractivity (Wildman–Crippen MR) is 50.5 cm³/mol. The fourth-order valence-corrected chi connectivity index (χ4v) is 1.17. The summed E-state index contributed by atoms with van der Waals surface area (Å²) in [4.78, 5) is 13.4. The highest BCUT2D eigenvalue weighted by Gasteiger charge is 2.07. The van der Waals surface area contributed by atoms with Gasteiger partial charge in [-0.05, 0) is 6.07 Å². The van der Waals surface area contributed by atoms with Crippen LogP contribution in [0.5, 0.6) is 5.75 Å². The topological polar surface area (TPSA) is 62.4 Å². The summed E-state index contributed by atoms with van der Waals surface area (Å²) in [5.41, 5.74) is 0.405. The highest BCUT2D eigenvalue weighted by atomic mass is 35.5. The fourth-order valence-electron chi connectivity index (χ4n) is 0.930. The van der Waals surface area contributed by atoms with Crippen LogP contribution in [0.3, 0.4) is 0 Å². The lowest BCUT2D eigenvalue weighted by Gasteiger charge is -2.03. The molecule has 0 aliphatic heterocycles. The molecule has 0 spiro atoms. The van der Waals surface area contributed by atoms with Crippen molar-refractivity contribution in [2.24, 2.45) is 4.99 Å². The molecular formula is C9H5ClN2O2. The van der Waals surface area contributed by atoms with Crippen LogP contribution >= 0.6 is 11.6 Å². The second-order valence-electron chi connectivity index (χ2n) is 2.32. The Kier molecular flexibility index (Phi) is 3.24. The number of halogens is 1. The largest absolute Gasteiger partial charge is 0.495 e. The summed E-state index contributed by atoms with van der Waals surface area (Å²) in [6, 6.07) is 4.65. The van der Waals surface area contributed by atoms with Crippen LogP contribution in [-0.2, 0) is 4.79 Å². The minimum Gasteiger partial charge on any atom is -0.495 e. The number of isocyanates is 1. The molecule has 0 aliphatic carbocycles. The van der Waals surface area contributed by atoms with Crippen LogP contribution in [0.25, 0.3) is 0 Å². The highest BCUT2D eigenvalue weighted by Crippen LogP contribution is 2.31. The molecule has 0 heterocycles. The van der Waals surface area contributed by atoms with Gasteiger partial charge in [-0.2, -0.15) is 10.3 Å². The maximum absolute atomic E-state index is 10.1. The summed E-state index contributed by atoms with van der Waals surface area (Å²) in [6.45, 7) is 0. The van der Waals surface area contributed by atoms with Crippen LogP contribution in [0.4, 0.5) is 5.69 Å². The first-order chi connectivity index (χ1) is 6.72. The van der Waals surface area contributed by atoms with Crippen molar-refractivity contribution in [2.75, 3.05) is 7.11 Å². The Morgan fingerprint density at radius 2 is 2.29 bits per heavy atom. The van der Waals surface area contributed by atoms with E-state index in [1.54, 1.807) is 0 Å². The zero-order chi connectivity index (χ0) is 10.6. The first-order valence-corrected chi connectivity index (χ1v) is 3.96. The van der Waals surface area contributed by atoms with Crippen molar-refractivity contribution in [2.45, 2.75) is 0 Å². The van der Waals surface area contributed by atoms with Crippen LogP contribution < -0.4 is 4.74 Å². The number of methoxy groups -OCH3 is 1. The molecular weight excluding hydrogens is 204 g/mol. The molecule has 0 saturated heterocycles. The quantitative estimate of drug-likeness (QED) is 0.553. The molecule has 0 unspecified atom stereocenters. The average molecular weight is 209 g/mol. The number of nitriles is 1. The SMILES string of the molecule is COc1cc(N=C=O)c(C#N)cc1Cl. The Bertz CT molecular complexity index is 445. The van der Waals surface area contributed by atoms with Crippen molar-refractivity contribution in [1.82, 2.24) is 0 Å². The molecule has 0 aromatic heterocycles. The third-order valence-corrected chi connectivity index (χ3v) is 1.85. The van der Waals surface area contributed by atoms with Gasteiger partial charge in [-0.15, -0.1) is 0 Å². The zero-order valence-electron chi connectivity index (χ0n) is 7.24. The highest BCUT2D eigenvalue weighted by molar-refractivity contribution is 6.32. The summed E-state index contributed by atoms with van der Waals surface area (Å²) in [5, 5.41) is 8.99. The minimum absolute atomic E-state index is 0.198. The minimum atomic E-state index is 0.198. The van der Waals surface area contributed by atoms with Gasteiger partial charge < -0.3 is 4.74 Å². The fraction of sp³-hybridized carbons (Fsp3) is 0.111. The molecule has 0 saturated carbocycles. The molecule has 0 bridgehead atoms. The lowest BCUT2D eigenvalue weighted by molar-refractivity contribution is 0.415. The number of nitrogens with zero attached hydrogens (tertiary/aromatic N) is 2. The molecule has 1 aromatic carbocycles. The van der Waals surface area contributed by atoms with Gasteiger partial charge in [-0.25, -0.2) is 4.79 Å². The molecule has 0 radical (unpaired) electrons. The van der Waals surface area contributed by atoms with E-state index < -0.39 is 0 Å². The molecule has 1 rings (SSSR count). The van der Waals surface area contributed by atoms with Crippen LogP contribution in [0.2, 0.25) is 5.02 Å². The van der Waals surface area contributed by atoms with Crippen LogP contribution in [-0.4, -0.2) is 13.2 Å². The molecule has 14 heavy (non-hydrogen) atoms. The molecule has 70 valence electrons. The van der Waals surface area contributed by atoms with E-state index in [-0.39, 0.29) is 11.3 Å². The number of benzene rings is 1. The maximum atomic E-state index is 10.1. The number of rotatable bonds is 2. The molecule has 0 amide bonds. The van der Waals surface area contributed by atoms with Gasteiger partial charge in [0.25, 0.3) is 0 Å². The summed E-state index contributed by atoms with van der Waals surface area (Å²) < 4.78 is 4.90. The summed E-state index contributed by atoms with van der Waals surface area (Å²) in [7, 11) is 1.43. The Labute approximate surface area is 85.4 Å². The Morgan fingerprint density at radius 1 is 1.57 bits per heavy atom. The normalized spacial score (nSPS) is 8.64. The Balaban J connectivity index is 3.41. The van der Waals surface area contributed by atoms with Gasteiger partial charge in [0.15, 0.2) is 0 Å². The van der Waals surface area contributed by atoms with Crippen molar-refractivity contribution >= 4 is 23.4 Å². The standard InChI is InChI=1S/C9H5ClN2O2/c1-14-9-3-8(12-5-13)6(4-11)2-7(9)10/h2-3H,1H3. The first-order valence-electron chi connectivity index (χ1n) is 3.58. The van der Waals surface area contributed by atoms with Gasteiger partial charge in [0.1, 0.15) is 11.8 Å². The molecule has 5 heteroatoms. The van der Waals surface area contributed by atoms with Crippen molar-refractivity contribution in [3.05, 3.63) is 22.7 Å². The first kappa shape index (κ1) is 10.3. The van der Waals surface area contributed by atoms with Crippen molar-refractivity contribution in [1.29, 1.82) is 5.26 Å². The summed E-state index contributed by atoms with van der Waals surface area (Å²) in [6.07, 6.45) is 1.35. The van der Waals surface area contributed by atoms with Gasteiger partial charge in [0.05, 0.1) is 23.4 Å². The molecule has 0 aliphatic rings. The van der Waals surface area contributed by atoms with E-state index in [4.69, 9.17) is 21.6 Å². The van der Waals surface area contributed by atoms with Crippen molar-refractivity contribution in [3.63, 3.8) is 0 Å². The monoisotopic (exact) mass is 208 g/mol. The number of carbonyl (C=O) groups excluding carboxylic acids is 1. The lowest BCUT2D eigenvalue weighted by Crippen LogP contribution is -1.86. The van der Waals surface area contributed by atoms with Gasteiger partial charge >= 0.3 is 0 Å². The maximum Gasteiger partial charge on any atom is 0.240 e. The molecule has 4 nitrogen and oxygen atoms in total. The molecule has 0 N–H and O–H groups in total. The second kappa shape index (κ2) is 4.43. The lowest BCUT2D eigenvalue weighted by atomic mass is 10.2. The Morgan fingerprint density at radius 3 is 2.79 bits per heavy atom. The molecule has 0 fully saturated rings. The van der Waals surface area contributed by atoms with Crippen LogP contribution in [0, 0.1) is 11.3 Å². The molecule has 1 aromatic rings. The van der Waals surface area contributed by atoms with E-state index in [1.165, 1.54) is 25.3 Å². The summed E-state index contributed by atoms with van der Waals surface area (Å²) >= 11 is 5.76. The van der Waals surface area contributed by atoms with E-state index in [9.17, 15) is 4.79 Å². The van der Waals surface area contributed by atoms with E-state index >= 15 is 0 Å². The number of ether oxygens (including phenoxy) is 1. The van der Waals surface area contributed by atoms with Gasteiger partial charge in [0.2, 0.25) is 6.08 Å². The van der Waals surface area contributed by atoms with E-state index in [0.29, 0.717) is 10.8 Å². The van der Waals surface area contributed by atoms with Crippen LogP contribution in [0.1, 0.15) is 5.56 Å². The van der Waals surface area contributed by atoms with Crippen LogP contribution in [0.15, 0.2) is 17.1 Å². The smallest absolute Gasteiger partial charge is 0.240 e.